The summed E-state index contributed by atoms with van der Waals surface area (Å²) in [6, 6.07) is -0.317. The molecule has 1 rings (SSSR count). The Balaban J connectivity index is 2.54. The first-order valence-electron chi connectivity index (χ1n) is 9.71. The van der Waals surface area contributed by atoms with Gasteiger partial charge >= 0.3 is 5.97 Å². The standard InChI is InChI=1S/C20H35NO5/c1-2-3-9-16(21)17(22)12-11-15-14(18(23)13-19(15)24)8-6-4-5-7-10-20(25)26/h4,6,11-12,14-19,22-24H,2-3,5,7-10,13,21H2,1H3,(H,25,26)/b6-4-,12-11+/t14-,15-,16+,17-,18+,19-/m1/s1. The quantitative estimate of drug-likeness (QED) is 0.265. The van der Waals surface area contributed by atoms with Crippen LogP contribution >= 0.6 is 0 Å². The first-order chi connectivity index (χ1) is 12.4. The number of rotatable bonds is 12. The number of hydrogen-bond acceptors (Lipinski definition) is 5. The highest BCUT2D eigenvalue weighted by atomic mass is 16.4. The van der Waals surface area contributed by atoms with E-state index in [9.17, 15) is 20.1 Å². The van der Waals surface area contributed by atoms with Gasteiger partial charge in [-0.25, -0.2) is 0 Å². The minimum Gasteiger partial charge on any atom is -0.481 e. The van der Waals surface area contributed by atoms with E-state index >= 15 is 0 Å². The van der Waals surface area contributed by atoms with Crippen LogP contribution in [0.5, 0.6) is 0 Å². The Kier molecular flexibility index (Phi) is 10.7. The number of carboxylic acid groups (broad SMARTS) is 1. The average Bonchev–Trinajstić information content (AvgIpc) is 2.86. The number of aliphatic carboxylic acids is 1. The van der Waals surface area contributed by atoms with Crippen LogP contribution in [0.2, 0.25) is 0 Å². The second-order valence-corrected chi connectivity index (χ2v) is 7.29. The van der Waals surface area contributed by atoms with Crippen molar-refractivity contribution < 1.29 is 25.2 Å². The number of carbonyl (C=O) groups is 1. The molecule has 0 spiro atoms. The van der Waals surface area contributed by atoms with Crippen LogP contribution in [0.1, 0.15) is 58.3 Å². The van der Waals surface area contributed by atoms with Gasteiger partial charge in [-0.3, -0.25) is 4.79 Å². The Hall–Kier alpha value is -1.21. The van der Waals surface area contributed by atoms with E-state index in [1.807, 2.05) is 12.2 Å². The molecule has 1 fully saturated rings. The zero-order valence-corrected chi connectivity index (χ0v) is 15.7. The van der Waals surface area contributed by atoms with Gasteiger partial charge in [-0.05, 0) is 31.6 Å². The van der Waals surface area contributed by atoms with Crippen LogP contribution in [0.25, 0.3) is 0 Å². The molecule has 1 aliphatic carbocycles. The molecule has 0 amide bonds. The minimum absolute atomic E-state index is 0.115. The number of carboxylic acids is 1. The summed E-state index contributed by atoms with van der Waals surface area (Å²) in [6.45, 7) is 2.07. The highest BCUT2D eigenvalue weighted by Gasteiger charge is 2.39. The third kappa shape index (κ3) is 7.99. The van der Waals surface area contributed by atoms with Crippen molar-refractivity contribution in [3.63, 3.8) is 0 Å². The number of aliphatic hydroxyl groups excluding tert-OH is 3. The molecular weight excluding hydrogens is 334 g/mol. The summed E-state index contributed by atoms with van der Waals surface area (Å²) in [5, 5.41) is 39.2. The summed E-state index contributed by atoms with van der Waals surface area (Å²) in [7, 11) is 0. The molecule has 26 heavy (non-hydrogen) atoms. The minimum atomic E-state index is -0.798. The maximum Gasteiger partial charge on any atom is 0.303 e. The van der Waals surface area contributed by atoms with Crippen LogP contribution in [-0.4, -0.2) is 50.7 Å². The van der Waals surface area contributed by atoms with Gasteiger partial charge in [0.1, 0.15) is 0 Å². The van der Waals surface area contributed by atoms with Gasteiger partial charge in [-0.15, -0.1) is 0 Å². The predicted molar refractivity (Wildman–Crippen MR) is 102 cm³/mol. The van der Waals surface area contributed by atoms with Crippen LogP contribution in [0, 0.1) is 11.8 Å². The first kappa shape index (κ1) is 22.8. The fourth-order valence-electron chi connectivity index (χ4n) is 3.44. The van der Waals surface area contributed by atoms with Crippen LogP contribution in [0.3, 0.4) is 0 Å². The molecule has 0 radical (unpaired) electrons. The van der Waals surface area contributed by atoms with E-state index in [4.69, 9.17) is 10.8 Å². The maximum absolute atomic E-state index is 10.5. The lowest BCUT2D eigenvalue weighted by Crippen LogP contribution is -2.33. The Morgan fingerprint density at radius 1 is 1.23 bits per heavy atom. The molecule has 0 aliphatic heterocycles. The number of unbranched alkanes of at least 4 members (excludes halogenated alkanes) is 2. The Labute approximate surface area is 156 Å². The maximum atomic E-state index is 10.5. The fourth-order valence-corrected chi connectivity index (χ4v) is 3.44. The number of nitrogens with two attached hydrogens (primary N) is 1. The van der Waals surface area contributed by atoms with Crippen molar-refractivity contribution in [3.8, 4) is 0 Å². The van der Waals surface area contributed by atoms with Gasteiger partial charge in [0.15, 0.2) is 0 Å². The van der Waals surface area contributed by atoms with Gasteiger partial charge < -0.3 is 26.2 Å². The SMILES string of the molecule is CCCC[C@H](N)[C@H](O)/C=C/[C@@H]1[C@@H](C/C=C\CCCC(=O)O)[C@@H](O)C[C@H]1O. The molecular formula is C20H35NO5. The molecule has 150 valence electrons. The summed E-state index contributed by atoms with van der Waals surface area (Å²) >= 11 is 0. The summed E-state index contributed by atoms with van der Waals surface area (Å²) in [6.07, 6.45) is 10.4. The molecule has 0 saturated heterocycles. The highest BCUT2D eigenvalue weighted by molar-refractivity contribution is 5.66. The third-order valence-electron chi connectivity index (χ3n) is 5.11. The van der Waals surface area contributed by atoms with Crippen molar-refractivity contribution in [3.05, 3.63) is 24.3 Å². The van der Waals surface area contributed by atoms with Crippen molar-refractivity contribution in [2.45, 2.75) is 82.6 Å². The van der Waals surface area contributed by atoms with Crippen LogP contribution < -0.4 is 5.73 Å². The first-order valence-corrected chi connectivity index (χ1v) is 9.71. The average molecular weight is 370 g/mol. The van der Waals surface area contributed by atoms with Crippen LogP contribution in [0.4, 0.5) is 0 Å². The van der Waals surface area contributed by atoms with E-state index in [2.05, 4.69) is 6.92 Å². The van der Waals surface area contributed by atoms with E-state index in [1.165, 1.54) is 0 Å². The van der Waals surface area contributed by atoms with E-state index < -0.39 is 24.3 Å². The van der Waals surface area contributed by atoms with Crippen molar-refractivity contribution in [1.82, 2.24) is 0 Å². The number of aliphatic hydroxyl groups is 3. The summed E-state index contributed by atoms with van der Waals surface area (Å²) in [4.78, 5) is 10.5. The molecule has 0 aromatic carbocycles. The molecule has 6 heteroatoms. The van der Waals surface area contributed by atoms with Gasteiger partial charge in [-0.2, -0.15) is 0 Å². The molecule has 1 saturated carbocycles. The molecule has 6 atom stereocenters. The number of allylic oxidation sites excluding steroid dienone is 2. The van der Waals surface area contributed by atoms with Gasteiger partial charge in [0, 0.05) is 24.8 Å². The fraction of sp³-hybridized carbons (Fsp3) is 0.750. The van der Waals surface area contributed by atoms with E-state index in [1.54, 1.807) is 12.2 Å². The lowest BCUT2D eigenvalue weighted by Gasteiger charge is -2.21. The zero-order valence-electron chi connectivity index (χ0n) is 15.7. The second kappa shape index (κ2) is 12.2. The molecule has 1 aliphatic rings. The lowest BCUT2D eigenvalue weighted by atomic mass is 9.89. The van der Waals surface area contributed by atoms with Gasteiger partial charge in [0.25, 0.3) is 0 Å². The topological polar surface area (TPSA) is 124 Å². The molecule has 0 aromatic heterocycles. The monoisotopic (exact) mass is 369 g/mol. The van der Waals surface area contributed by atoms with Crippen LogP contribution in [-0.2, 0) is 4.79 Å². The third-order valence-corrected chi connectivity index (χ3v) is 5.11. The van der Waals surface area contributed by atoms with E-state index in [0.29, 0.717) is 25.7 Å². The molecule has 0 bridgehead atoms. The predicted octanol–water partition coefficient (Wildman–Crippen LogP) is 1.98. The summed E-state index contributed by atoms with van der Waals surface area (Å²) in [5.41, 5.74) is 5.97. The number of hydrogen-bond donors (Lipinski definition) is 5. The van der Waals surface area contributed by atoms with Crippen molar-refractivity contribution >= 4 is 5.97 Å². The molecule has 0 unspecified atom stereocenters. The molecule has 6 N–H and O–H groups in total. The normalized spacial score (nSPS) is 28.8. The summed E-state index contributed by atoms with van der Waals surface area (Å²) < 4.78 is 0. The lowest BCUT2D eigenvalue weighted by molar-refractivity contribution is -0.137. The second-order valence-electron chi connectivity index (χ2n) is 7.29. The van der Waals surface area contributed by atoms with Crippen molar-refractivity contribution in [1.29, 1.82) is 0 Å². The Bertz CT molecular complexity index is 465. The van der Waals surface area contributed by atoms with E-state index in [-0.39, 0.29) is 24.3 Å². The zero-order chi connectivity index (χ0) is 19.5. The van der Waals surface area contributed by atoms with Gasteiger partial charge in [0.05, 0.1) is 18.3 Å². The van der Waals surface area contributed by atoms with Crippen molar-refractivity contribution in [2.24, 2.45) is 17.6 Å². The molecule has 0 aromatic rings. The molecule has 6 nitrogen and oxygen atoms in total. The Morgan fingerprint density at radius 3 is 2.62 bits per heavy atom. The van der Waals surface area contributed by atoms with Crippen molar-refractivity contribution in [2.75, 3.05) is 0 Å². The highest BCUT2D eigenvalue weighted by Crippen LogP contribution is 2.36. The Morgan fingerprint density at radius 2 is 1.96 bits per heavy atom. The summed E-state index contributed by atoms with van der Waals surface area (Å²) in [5.74, 6) is -1.13. The van der Waals surface area contributed by atoms with Gasteiger partial charge in [0.2, 0.25) is 0 Å². The molecule has 0 heterocycles. The van der Waals surface area contributed by atoms with Gasteiger partial charge in [-0.1, -0.05) is 44.1 Å². The largest absolute Gasteiger partial charge is 0.481 e. The van der Waals surface area contributed by atoms with E-state index in [0.717, 1.165) is 19.3 Å². The smallest absolute Gasteiger partial charge is 0.303 e. The van der Waals surface area contributed by atoms with Crippen LogP contribution in [0.15, 0.2) is 24.3 Å².